The Morgan fingerprint density at radius 1 is 1.32 bits per heavy atom. The number of rotatable bonds is 3. The summed E-state index contributed by atoms with van der Waals surface area (Å²) in [5, 5.41) is 0.869. The molecule has 4 nitrogen and oxygen atoms in total. The first kappa shape index (κ1) is 14.6. The van der Waals surface area contributed by atoms with E-state index >= 15 is 0 Å². The van der Waals surface area contributed by atoms with E-state index in [1.807, 2.05) is 0 Å². The zero-order valence-electron chi connectivity index (χ0n) is 10.6. The van der Waals surface area contributed by atoms with Gasteiger partial charge in [-0.05, 0) is 26.0 Å². The van der Waals surface area contributed by atoms with Gasteiger partial charge in [0.15, 0.2) is 12.4 Å². The van der Waals surface area contributed by atoms with Crippen molar-refractivity contribution in [3.8, 4) is 0 Å². The van der Waals surface area contributed by atoms with Crippen LogP contribution >= 0.6 is 23.2 Å². The van der Waals surface area contributed by atoms with Crippen molar-refractivity contribution in [2.24, 2.45) is 0 Å². The van der Waals surface area contributed by atoms with Crippen LogP contribution in [-0.4, -0.2) is 25.0 Å². The van der Waals surface area contributed by atoms with Gasteiger partial charge in [0.25, 0.3) is 0 Å². The zero-order chi connectivity index (χ0) is 14.0. The average molecular weight is 305 g/mol. The third-order valence-electron chi connectivity index (χ3n) is 2.75. The van der Waals surface area contributed by atoms with Gasteiger partial charge in [0.2, 0.25) is 0 Å². The van der Waals surface area contributed by atoms with Crippen molar-refractivity contribution < 1.29 is 19.0 Å². The minimum atomic E-state index is -0.854. The number of ether oxygens (including phenoxy) is 3. The molecule has 0 radical (unpaired) electrons. The van der Waals surface area contributed by atoms with Crippen LogP contribution in [0.3, 0.4) is 0 Å². The summed E-state index contributed by atoms with van der Waals surface area (Å²) in [6, 6.07) is 5.11. The fraction of sp³-hybridized carbons (Fsp3) is 0.462. The van der Waals surface area contributed by atoms with Gasteiger partial charge in [-0.3, -0.25) is 0 Å². The van der Waals surface area contributed by atoms with Crippen LogP contribution in [0.15, 0.2) is 18.2 Å². The van der Waals surface area contributed by atoms with Crippen LogP contribution in [0.5, 0.6) is 0 Å². The molecular weight excluding hydrogens is 291 g/mol. The maximum Gasteiger partial charge on any atom is 0.338 e. The molecule has 1 fully saturated rings. The van der Waals surface area contributed by atoms with E-state index < -0.39 is 24.5 Å². The Kier molecular flexibility index (Phi) is 4.68. The first-order valence-electron chi connectivity index (χ1n) is 5.96. The molecule has 1 saturated heterocycles. The van der Waals surface area contributed by atoms with Crippen molar-refractivity contribution >= 4 is 29.2 Å². The fourth-order valence-electron chi connectivity index (χ4n) is 1.99. The summed E-state index contributed by atoms with van der Waals surface area (Å²) in [5.41, 5.74) is 0.549. The lowest BCUT2D eigenvalue weighted by Crippen LogP contribution is -2.28. The van der Waals surface area contributed by atoms with Crippen LogP contribution in [0.2, 0.25) is 10.0 Å². The van der Waals surface area contributed by atoms with Gasteiger partial charge in [-0.15, -0.1) is 0 Å². The molecule has 0 aromatic heterocycles. The van der Waals surface area contributed by atoms with Crippen molar-refractivity contribution in [3.63, 3.8) is 0 Å². The summed E-state index contributed by atoms with van der Waals surface area (Å²) in [6.45, 7) is 3.71. The molecule has 1 heterocycles. The number of halogens is 2. The summed E-state index contributed by atoms with van der Waals surface area (Å²) in [4.78, 5) is 11.9. The lowest BCUT2D eigenvalue weighted by Gasteiger charge is -2.18. The number of carbonyl (C=O) groups excluding carboxylic acids is 1. The van der Waals surface area contributed by atoms with Crippen LogP contribution in [-0.2, 0) is 19.0 Å². The molecule has 0 aliphatic carbocycles. The predicted molar refractivity (Wildman–Crippen MR) is 71.3 cm³/mol. The lowest BCUT2D eigenvalue weighted by atomic mass is 10.0. The average Bonchev–Trinajstić information content (AvgIpc) is 2.71. The second-order valence-corrected chi connectivity index (χ2v) is 4.88. The topological polar surface area (TPSA) is 44.8 Å². The van der Waals surface area contributed by atoms with Crippen molar-refractivity contribution in [1.82, 2.24) is 0 Å². The highest BCUT2D eigenvalue weighted by molar-refractivity contribution is 6.36. The molecule has 1 unspecified atom stereocenters. The zero-order valence-corrected chi connectivity index (χ0v) is 12.1. The summed E-state index contributed by atoms with van der Waals surface area (Å²) in [6.07, 6.45) is -2.03. The molecule has 0 bridgehead atoms. The van der Waals surface area contributed by atoms with E-state index in [0.29, 0.717) is 15.6 Å². The maximum absolute atomic E-state index is 11.9. The molecule has 1 aromatic carbocycles. The van der Waals surface area contributed by atoms with E-state index in [-0.39, 0.29) is 6.61 Å². The molecule has 0 saturated carbocycles. The van der Waals surface area contributed by atoms with Gasteiger partial charge in [-0.25, -0.2) is 4.79 Å². The van der Waals surface area contributed by atoms with Crippen molar-refractivity contribution in [2.75, 3.05) is 6.61 Å². The van der Waals surface area contributed by atoms with Gasteiger partial charge < -0.3 is 14.2 Å². The number of carbonyl (C=O) groups is 1. The third kappa shape index (κ3) is 3.03. The smallest absolute Gasteiger partial charge is 0.338 e. The summed E-state index contributed by atoms with van der Waals surface area (Å²) in [5.74, 6) is -0.479. The Hall–Kier alpha value is -0.810. The van der Waals surface area contributed by atoms with Gasteiger partial charge in [-0.2, -0.15) is 0 Å². The first-order chi connectivity index (χ1) is 9.04. The lowest BCUT2D eigenvalue weighted by molar-refractivity contribution is -0.156. The molecule has 1 aliphatic heterocycles. The van der Waals surface area contributed by atoms with Gasteiger partial charge in [0.05, 0.1) is 6.61 Å². The number of hydrogen-bond acceptors (Lipinski definition) is 4. The van der Waals surface area contributed by atoms with Gasteiger partial charge >= 0.3 is 5.97 Å². The van der Waals surface area contributed by atoms with Crippen molar-refractivity contribution in [2.45, 2.75) is 32.3 Å². The highest BCUT2D eigenvalue weighted by atomic mass is 35.5. The molecule has 0 amide bonds. The fourth-order valence-corrected chi connectivity index (χ4v) is 2.61. The predicted octanol–water partition coefficient (Wildman–Crippen LogP) is 3.36. The summed E-state index contributed by atoms with van der Waals surface area (Å²) >= 11 is 12.3. The molecule has 3 atom stereocenters. The Morgan fingerprint density at radius 3 is 2.53 bits per heavy atom. The van der Waals surface area contributed by atoms with E-state index in [2.05, 4.69) is 0 Å². The Morgan fingerprint density at radius 2 is 1.95 bits per heavy atom. The largest absolute Gasteiger partial charge is 0.464 e. The highest BCUT2D eigenvalue weighted by Crippen LogP contribution is 2.40. The van der Waals surface area contributed by atoms with Crippen LogP contribution in [0.4, 0.5) is 0 Å². The Bertz CT molecular complexity index is 457. The van der Waals surface area contributed by atoms with Crippen LogP contribution in [0, 0.1) is 0 Å². The second kappa shape index (κ2) is 6.09. The third-order valence-corrected chi connectivity index (χ3v) is 3.41. The van der Waals surface area contributed by atoms with Gasteiger partial charge in [0.1, 0.15) is 6.10 Å². The first-order valence-corrected chi connectivity index (χ1v) is 6.71. The van der Waals surface area contributed by atoms with Crippen molar-refractivity contribution in [1.29, 1.82) is 0 Å². The molecule has 19 heavy (non-hydrogen) atoms. The summed E-state index contributed by atoms with van der Waals surface area (Å²) in [7, 11) is 0. The number of esters is 1. The van der Waals surface area contributed by atoms with E-state index in [9.17, 15) is 4.79 Å². The second-order valence-electron chi connectivity index (χ2n) is 4.07. The molecule has 1 aromatic rings. The molecule has 1 aliphatic rings. The standard InChI is InChI=1S/C13H14Cl2O4/c1-3-17-13(16)12-11(18-7(2)19-12)10-8(14)5-4-6-9(10)15/h4-7,11-12H,3H2,1-2H3/t7-,11+,12?/m0/s1. The highest BCUT2D eigenvalue weighted by Gasteiger charge is 2.42. The van der Waals surface area contributed by atoms with Crippen molar-refractivity contribution in [3.05, 3.63) is 33.8 Å². The molecule has 2 rings (SSSR count). The maximum atomic E-state index is 11.9. The number of benzene rings is 1. The SMILES string of the molecule is CCOC(=O)C1O[C@@H](C)O[C@@H]1c1c(Cl)cccc1Cl. The molecule has 0 spiro atoms. The Balaban J connectivity index is 2.33. The quantitative estimate of drug-likeness (QED) is 0.803. The van der Waals surface area contributed by atoms with Crippen LogP contribution in [0.25, 0.3) is 0 Å². The monoisotopic (exact) mass is 304 g/mol. The van der Waals surface area contributed by atoms with E-state index in [1.54, 1.807) is 32.0 Å². The van der Waals surface area contributed by atoms with Gasteiger partial charge in [0, 0.05) is 15.6 Å². The van der Waals surface area contributed by atoms with E-state index in [0.717, 1.165) is 0 Å². The normalized spacial score (nSPS) is 26.4. The molecule has 6 heteroatoms. The van der Waals surface area contributed by atoms with Crippen LogP contribution < -0.4 is 0 Å². The van der Waals surface area contributed by atoms with E-state index in [4.69, 9.17) is 37.4 Å². The molecule has 104 valence electrons. The van der Waals surface area contributed by atoms with Crippen LogP contribution in [0.1, 0.15) is 25.5 Å². The minimum absolute atomic E-state index is 0.274. The molecule has 0 N–H and O–H groups in total. The summed E-state index contributed by atoms with van der Waals surface area (Å²) < 4.78 is 16.0. The number of hydrogen-bond donors (Lipinski definition) is 0. The molecular formula is C13H14Cl2O4. The Labute approximate surface area is 121 Å². The van der Waals surface area contributed by atoms with E-state index in [1.165, 1.54) is 0 Å². The minimum Gasteiger partial charge on any atom is -0.464 e. The van der Waals surface area contributed by atoms with Gasteiger partial charge in [-0.1, -0.05) is 29.3 Å².